The average Bonchev–Trinajstić information content (AvgIpc) is 2.79. The molecule has 2 rings (SSSR count). The number of carbonyl (C=O) groups excluding carboxylic acids is 2. The number of carbonyl (C=O) groups is 2. The lowest BCUT2D eigenvalue weighted by molar-refractivity contribution is -0.116. The number of thioether (sulfide) groups is 1. The van der Waals surface area contributed by atoms with Gasteiger partial charge in [-0.05, 0) is 0 Å². The lowest BCUT2D eigenvalue weighted by Gasteiger charge is -2.12. The molecule has 0 spiro atoms. The van der Waals surface area contributed by atoms with E-state index in [4.69, 9.17) is 0 Å². The summed E-state index contributed by atoms with van der Waals surface area (Å²) in [7, 11) is 0. The number of rotatable bonds is 3. The van der Waals surface area contributed by atoms with Crippen LogP contribution in [0.3, 0.4) is 0 Å². The van der Waals surface area contributed by atoms with Crippen molar-refractivity contribution in [1.29, 1.82) is 0 Å². The number of hydrogen-bond acceptors (Lipinski definition) is 5. The smallest absolute Gasteiger partial charge is 0.282 e. The molecule has 0 aliphatic carbocycles. The molecular weight excluding hydrogens is 234 g/mol. The highest BCUT2D eigenvalue weighted by atomic mass is 32.2. The Morgan fingerprint density at radius 1 is 1.67 bits per heavy atom. The highest BCUT2D eigenvalue weighted by Gasteiger charge is 2.23. The van der Waals surface area contributed by atoms with Crippen LogP contribution in [0.25, 0.3) is 0 Å². The Kier molecular flexibility index (Phi) is 3.22. The maximum atomic E-state index is 11.5. The van der Waals surface area contributed by atoms with E-state index >= 15 is 0 Å². The molecule has 0 aromatic carbocycles. The molecule has 0 radical (unpaired) electrons. The third-order valence-corrected chi connectivity index (χ3v) is 3.44. The summed E-state index contributed by atoms with van der Waals surface area (Å²) in [5.74, 6) is 0.574. The van der Waals surface area contributed by atoms with Crippen LogP contribution in [0.5, 0.6) is 0 Å². The predicted molar refractivity (Wildman–Crippen MR) is 60.2 cm³/mol. The van der Waals surface area contributed by atoms with Gasteiger partial charge in [0.05, 0.1) is 0 Å². The lowest BCUT2D eigenvalue weighted by atomic mass is 10.5. The summed E-state index contributed by atoms with van der Waals surface area (Å²) in [4.78, 5) is 28.1. The van der Waals surface area contributed by atoms with Crippen LogP contribution < -0.4 is 5.32 Å². The highest BCUT2D eigenvalue weighted by Crippen LogP contribution is 2.17. The SMILES string of the molecule is O=C(CN1CCSC1=O)Nc1nccs1. The van der Waals surface area contributed by atoms with Crippen LogP contribution in [0.1, 0.15) is 0 Å². The molecular formula is C8H9N3O2S2. The number of nitrogens with one attached hydrogen (secondary N) is 1. The second kappa shape index (κ2) is 4.63. The molecule has 2 amide bonds. The molecule has 0 unspecified atom stereocenters. The molecule has 1 aromatic rings. The third kappa shape index (κ3) is 2.69. The first-order valence-electron chi connectivity index (χ1n) is 4.37. The Labute approximate surface area is 94.9 Å². The number of amides is 2. The minimum absolute atomic E-state index is 0.0238. The van der Waals surface area contributed by atoms with E-state index in [9.17, 15) is 9.59 Å². The molecule has 0 saturated carbocycles. The van der Waals surface area contributed by atoms with Crippen LogP contribution in [0.2, 0.25) is 0 Å². The maximum Gasteiger partial charge on any atom is 0.282 e. The molecule has 1 N–H and O–H groups in total. The Morgan fingerprint density at radius 2 is 2.53 bits per heavy atom. The summed E-state index contributed by atoms with van der Waals surface area (Å²) >= 11 is 2.61. The third-order valence-electron chi connectivity index (χ3n) is 1.86. The van der Waals surface area contributed by atoms with Gasteiger partial charge in [0.15, 0.2) is 5.13 Å². The van der Waals surface area contributed by atoms with Gasteiger partial charge >= 0.3 is 0 Å². The first kappa shape index (κ1) is 10.4. The second-order valence-corrected chi connectivity index (χ2v) is 4.86. The van der Waals surface area contributed by atoms with E-state index in [0.29, 0.717) is 11.7 Å². The van der Waals surface area contributed by atoms with Gasteiger partial charge in [-0.3, -0.25) is 9.59 Å². The number of hydrogen-bond donors (Lipinski definition) is 1. The summed E-state index contributed by atoms with van der Waals surface area (Å²) in [6.45, 7) is 0.764. The fourth-order valence-corrected chi connectivity index (χ4v) is 2.56. The first-order valence-corrected chi connectivity index (χ1v) is 6.23. The molecule has 1 aliphatic heterocycles. The van der Waals surface area contributed by atoms with E-state index in [0.717, 1.165) is 5.75 Å². The van der Waals surface area contributed by atoms with Crippen LogP contribution in [0, 0.1) is 0 Å². The molecule has 7 heteroatoms. The lowest BCUT2D eigenvalue weighted by Crippen LogP contribution is -2.33. The largest absolute Gasteiger partial charge is 0.323 e. The van der Waals surface area contributed by atoms with Crippen molar-refractivity contribution in [2.45, 2.75) is 0 Å². The van der Waals surface area contributed by atoms with Gasteiger partial charge in [-0.2, -0.15) is 0 Å². The Bertz CT molecular complexity index is 366. The topological polar surface area (TPSA) is 62.3 Å². The number of nitrogens with zero attached hydrogens (tertiary/aromatic N) is 2. The van der Waals surface area contributed by atoms with Gasteiger partial charge in [-0.1, -0.05) is 11.8 Å². The van der Waals surface area contributed by atoms with Gasteiger partial charge in [0, 0.05) is 23.9 Å². The molecule has 0 atom stereocenters. The molecule has 1 aromatic heterocycles. The van der Waals surface area contributed by atoms with Crippen molar-refractivity contribution in [1.82, 2.24) is 9.88 Å². The molecule has 0 bridgehead atoms. The van der Waals surface area contributed by atoms with Gasteiger partial charge in [-0.25, -0.2) is 4.98 Å². The molecule has 80 valence electrons. The van der Waals surface area contributed by atoms with Crippen molar-refractivity contribution >= 4 is 39.4 Å². The predicted octanol–water partition coefficient (Wildman–Crippen LogP) is 1.25. The van der Waals surface area contributed by atoms with Crippen molar-refractivity contribution in [3.05, 3.63) is 11.6 Å². The minimum Gasteiger partial charge on any atom is -0.323 e. The molecule has 1 saturated heterocycles. The first-order chi connectivity index (χ1) is 7.25. The summed E-state index contributed by atoms with van der Waals surface area (Å²) < 4.78 is 0. The van der Waals surface area contributed by atoms with Gasteiger partial charge in [0.1, 0.15) is 6.54 Å². The molecule has 1 aliphatic rings. The summed E-state index contributed by atoms with van der Waals surface area (Å²) in [6.07, 6.45) is 1.62. The van der Waals surface area contributed by atoms with Crippen LogP contribution in [-0.2, 0) is 4.79 Å². The fraction of sp³-hybridized carbons (Fsp3) is 0.375. The van der Waals surface area contributed by atoms with Gasteiger partial charge in [-0.15, -0.1) is 11.3 Å². The zero-order chi connectivity index (χ0) is 10.7. The van der Waals surface area contributed by atoms with E-state index in [-0.39, 0.29) is 17.7 Å². The second-order valence-electron chi connectivity index (χ2n) is 2.92. The summed E-state index contributed by atoms with van der Waals surface area (Å²) in [5.41, 5.74) is 0. The number of anilines is 1. The Morgan fingerprint density at radius 3 is 3.13 bits per heavy atom. The molecule has 15 heavy (non-hydrogen) atoms. The Hall–Kier alpha value is -1.08. The van der Waals surface area contributed by atoms with Gasteiger partial charge in [0.2, 0.25) is 5.91 Å². The fourth-order valence-electron chi connectivity index (χ4n) is 1.19. The summed E-state index contributed by atoms with van der Waals surface area (Å²) in [6, 6.07) is 0. The van der Waals surface area contributed by atoms with E-state index < -0.39 is 0 Å². The van der Waals surface area contributed by atoms with Crippen LogP contribution in [0.15, 0.2) is 11.6 Å². The van der Waals surface area contributed by atoms with E-state index in [2.05, 4.69) is 10.3 Å². The molecule has 2 heterocycles. The van der Waals surface area contributed by atoms with E-state index in [1.54, 1.807) is 11.6 Å². The monoisotopic (exact) mass is 243 g/mol. The minimum atomic E-state index is -0.194. The van der Waals surface area contributed by atoms with Gasteiger partial charge < -0.3 is 10.2 Å². The van der Waals surface area contributed by atoms with E-state index in [1.165, 1.54) is 28.0 Å². The maximum absolute atomic E-state index is 11.5. The highest BCUT2D eigenvalue weighted by molar-refractivity contribution is 8.13. The quantitative estimate of drug-likeness (QED) is 0.868. The van der Waals surface area contributed by atoms with Crippen LogP contribution in [0.4, 0.5) is 9.93 Å². The van der Waals surface area contributed by atoms with Gasteiger partial charge in [0.25, 0.3) is 5.24 Å². The molecule has 5 nitrogen and oxygen atoms in total. The zero-order valence-electron chi connectivity index (χ0n) is 7.80. The van der Waals surface area contributed by atoms with Crippen LogP contribution in [-0.4, -0.2) is 39.9 Å². The summed E-state index contributed by atoms with van der Waals surface area (Å²) in [5, 5.41) is 4.96. The number of aromatic nitrogens is 1. The molecule has 1 fully saturated rings. The van der Waals surface area contributed by atoms with Crippen molar-refractivity contribution in [2.75, 3.05) is 24.2 Å². The zero-order valence-corrected chi connectivity index (χ0v) is 9.44. The normalized spacial score (nSPS) is 15.7. The van der Waals surface area contributed by atoms with Crippen molar-refractivity contribution in [3.8, 4) is 0 Å². The van der Waals surface area contributed by atoms with Crippen LogP contribution >= 0.6 is 23.1 Å². The number of thiazole rings is 1. The van der Waals surface area contributed by atoms with E-state index in [1.807, 2.05) is 0 Å². The average molecular weight is 243 g/mol. The van der Waals surface area contributed by atoms with Crippen molar-refractivity contribution in [3.63, 3.8) is 0 Å². The van der Waals surface area contributed by atoms with Crippen molar-refractivity contribution in [2.24, 2.45) is 0 Å². The standard InChI is InChI=1S/C8H9N3O2S2/c12-6(10-7-9-1-3-14-7)5-11-2-4-15-8(11)13/h1,3H,2,4-5H2,(H,9,10,12). The van der Waals surface area contributed by atoms with Crippen molar-refractivity contribution < 1.29 is 9.59 Å². The Balaban J connectivity index is 1.84.